The lowest BCUT2D eigenvalue weighted by molar-refractivity contribution is 0.164. The van der Waals surface area contributed by atoms with Crippen molar-refractivity contribution >= 4 is 16.6 Å². The monoisotopic (exact) mass is 365 g/mol. The fourth-order valence-electron chi connectivity index (χ4n) is 3.85. The summed E-state index contributed by atoms with van der Waals surface area (Å²) in [7, 11) is 0. The van der Waals surface area contributed by atoms with Crippen LogP contribution in [0.25, 0.3) is 10.9 Å². The summed E-state index contributed by atoms with van der Waals surface area (Å²) in [6.07, 6.45) is 2.13. The van der Waals surface area contributed by atoms with Gasteiger partial charge >= 0.3 is 0 Å². The van der Waals surface area contributed by atoms with Gasteiger partial charge in [0.15, 0.2) is 5.82 Å². The van der Waals surface area contributed by atoms with Gasteiger partial charge in [-0.25, -0.2) is 0 Å². The number of aromatic nitrogens is 3. The van der Waals surface area contributed by atoms with Gasteiger partial charge in [0.05, 0.1) is 11.6 Å². The average molecular weight is 365 g/mol. The molecule has 0 spiro atoms. The van der Waals surface area contributed by atoms with Crippen LogP contribution < -0.4 is 4.90 Å². The van der Waals surface area contributed by atoms with Crippen LogP contribution in [0, 0.1) is 6.92 Å². The van der Waals surface area contributed by atoms with Gasteiger partial charge in [-0.1, -0.05) is 36.7 Å². The molecular weight excluding hydrogens is 338 g/mol. The molecule has 0 aliphatic carbocycles. The predicted molar refractivity (Wildman–Crippen MR) is 107 cm³/mol. The number of rotatable bonds is 5. The number of hydrogen-bond donors (Lipinski definition) is 0. The third kappa shape index (κ3) is 3.67. The molecule has 3 aromatic rings. The lowest BCUT2D eigenvalue weighted by Gasteiger charge is -2.38. The van der Waals surface area contributed by atoms with Gasteiger partial charge in [0.1, 0.15) is 0 Å². The normalized spacial score (nSPS) is 16.8. The Hall–Kier alpha value is -2.47. The number of fused-ring (bicyclic) bond motifs is 1. The lowest BCUT2D eigenvalue weighted by atomic mass is 10.1. The van der Waals surface area contributed by atoms with Crippen LogP contribution in [0.2, 0.25) is 0 Å². The first kappa shape index (κ1) is 17.9. The number of nitrogens with zero attached hydrogens (tertiary/aromatic N) is 5. The molecule has 27 heavy (non-hydrogen) atoms. The van der Waals surface area contributed by atoms with E-state index >= 15 is 0 Å². The van der Waals surface area contributed by atoms with Crippen molar-refractivity contribution in [1.29, 1.82) is 0 Å². The highest BCUT2D eigenvalue weighted by atomic mass is 16.5. The van der Waals surface area contributed by atoms with Crippen molar-refractivity contribution in [2.24, 2.45) is 0 Å². The lowest BCUT2D eigenvalue weighted by Crippen LogP contribution is -2.47. The first-order valence-electron chi connectivity index (χ1n) is 9.83. The van der Waals surface area contributed by atoms with Gasteiger partial charge in [0.2, 0.25) is 5.89 Å². The quantitative estimate of drug-likeness (QED) is 0.686. The van der Waals surface area contributed by atoms with Crippen molar-refractivity contribution < 1.29 is 4.52 Å². The Morgan fingerprint density at radius 1 is 1.11 bits per heavy atom. The summed E-state index contributed by atoms with van der Waals surface area (Å²) in [4.78, 5) is 14.1. The Balaban J connectivity index is 1.54. The molecule has 4 rings (SSSR count). The summed E-state index contributed by atoms with van der Waals surface area (Å²) >= 11 is 0. The van der Waals surface area contributed by atoms with Crippen LogP contribution in [-0.4, -0.2) is 46.2 Å². The van der Waals surface area contributed by atoms with E-state index in [9.17, 15) is 0 Å². The van der Waals surface area contributed by atoms with E-state index in [2.05, 4.69) is 64.1 Å². The fraction of sp³-hybridized carbons (Fsp3) is 0.476. The molecule has 2 aromatic heterocycles. The minimum absolute atomic E-state index is 0.151. The third-order valence-corrected chi connectivity index (χ3v) is 5.36. The molecule has 1 saturated heterocycles. The standard InChI is InChI=1S/C21H27N5O/c1-4-7-17-14-20(18-8-5-6-9-19(18)23-17)26-12-10-25(11-13-26)15(2)21-22-16(3)24-27-21/h5-6,8-9,14-15H,4,7,10-13H2,1-3H3. The van der Waals surface area contributed by atoms with Crippen LogP contribution in [0.1, 0.15) is 43.7 Å². The maximum Gasteiger partial charge on any atom is 0.243 e. The van der Waals surface area contributed by atoms with E-state index < -0.39 is 0 Å². The van der Waals surface area contributed by atoms with E-state index in [0.717, 1.165) is 44.5 Å². The van der Waals surface area contributed by atoms with Gasteiger partial charge in [-0.2, -0.15) is 4.98 Å². The van der Waals surface area contributed by atoms with Crippen molar-refractivity contribution in [2.45, 2.75) is 39.7 Å². The van der Waals surface area contributed by atoms with E-state index in [0.29, 0.717) is 11.7 Å². The Labute approximate surface area is 160 Å². The van der Waals surface area contributed by atoms with Gasteiger partial charge in [-0.3, -0.25) is 9.88 Å². The molecule has 1 fully saturated rings. The Kier molecular flexibility index (Phi) is 5.07. The number of anilines is 1. The van der Waals surface area contributed by atoms with Gasteiger partial charge in [0.25, 0.3) is 0 Å². The maximum absolute atomic E-state index is 5.37. The van der Waals surface area contributed by atoms with Crippen molar-refractivity contribution in [3.8, 4) is 0 Å². The molecule has 0 N–H and O–H groups in total. The number of pyridine rings is 1. The number of para-hydroxylation sites is 1. The summed E-state index contributed by atoms with van der Waals surface area (Å²) in [6, 6.07) is 10.9. The molecule has 0 saturated carbocycles. The number of aryl methyl sites for hydroxylation is 2. The first-order chi connectivity index (χ1) is 13.2. The second kappa shape index (κ2) is 7.64. The summed E-state index contributed by atoms with van der Waals surface area (Å²) in [6.45, 7) is 10.1. The van der Waals surface area contributed by atoms with Crippen LogP contribution >= 0.6 is 0 Å². The summed E-state index contributed by atoms with van der Waals surface area (Å²) < 4.78 is 5.37. The fourth-order valence-corrected chi connectivity index (χ4v) is 3.85. The highest BCUT2D eigenvalue weighted by Gasteiger charge is 2.26. The SMILES string of the molecule is CCCc1cc(N2CCN(C(C)c3nc(C)no3)CC2)c2ccccc2n1. The number of benzene rings is 1. The Morgan fingerprint density at radius 2 is 1.89 bits per heavy atom. The second-order valence-corrected chi connectivity index (χ2v) is 7.28. The van der Waals surface area contributed by atoms with Crippen LogP contribution in [-0.2, 0) is 6.42 Å². The van der Waals surface area contributed by atoms with Gasteiger partial charge < -0.3 is 9.42 Å². The van der Waals surface area contributed by atoms with Crippen LogP contribution in [0.15, 0.2) is 34.9 Å². The molecule has 0 radical (unpaired) electrons. The Morgan fingerprint density at radius 3 is 2.59 bits per heavy atom. The Bertz CT molecular complexity index is 914. The predicted octanol–water partition coefficient (Wildman–Crippen LogP) is 3.76. The molecule has 1 aliphatic heterocycles. The van der Waals surface area contributed by atoms with E-state index in [4.69, 9.17) is 9.51 Å². The zero-order chi connectivity index (χ0) is 18.8. The first-order valence-corrected chi connectivity index (χ1v) is 9.83. The molecule has 1 unspecified atom stereocenters. The molecule has 0 amide bonds. The van der Waals surface area contributed by atoms with E-state index in [1.165, 1.54) is 16.8 Å². The van der Waals surface area contributed by atoms with E-state index in [1.54, 1.807) is 0 Å². The zero-order valence-corrected chi connectivity index (χ0v) is 16.4. The highest BCUT2D eigenvalue weighted by molar-refractivity contribution is 5.92. The van der Waals surface area contributed by atoms with Gasteiger partial charge in [-0.15, -0.1) is 0 Å². The van der Waals surface area contributed by atoms with Crippen LogP contribution in [0.4, 0.5) is 5.69 Å². The second-order valence-electron chi connectivity index (χ2n) is 7.28. The summed E-state index contributed by atoms with van der Waals surface area (Å²) in [5.74, 6) is 1.41. The van der Waals surface area contributed by atoms with Crippen molar-refractivity contribution in [2.75, 3.05) is 31.1 Å². The molecule has 1 aromatic carbocycles. The molecular formula is C21H27N5O. The molecule has 0 bridgehead atoms. The van der Waals surface area contributed by atoms with Gasteiger partial charge in [-0.05, 0) is 32.4 Å². The molecule has 3 heterocycles. The van der Waals surface area contributed by atoms with Gasteiger partial charge in [0, 0.05) is 42.9 Å². The van der Waals surface area contributed by atoms with Crippen LogP contribution in [0.3, 0.4) is 0 Å². The van der Waals surface area contributed by atoms with Crippen molar-refractivity contribution in [3.63, 3.8) is 0 Å². The molecule has 6 heteroatoms. The summed E-state index contributed by atoms with van der Waals surface area (Å²) in [5, 5.41) is 5.17. The third-order valence-electron chi connectivity index (χ3n) is 5.36. The number of piperazine rings is 1. The maximum atomic E-state index is 5.37. The molecule has 6 nitrogen and oxygen atoms in total. The smallest absolute Gasteiger partial charge is 0.243 e. The van der Waals surface area contributed by atoms with E-state index in [-0.39, 0.29) is 6.04 Å². The topological polar surface area (TPSA) is 58.3 Å². The number of hydrogen-bond acceptors (Lipinski definition) is 6. The van der Waals surface area contributed by atoms with E-state index in [1.807, 2.05) is 6.92 Å². The van der Waals surface area contributed by atoms with Crippen molar-refractivity contribution in [3.05, 3.63) is 47.7 Å². The van der Waals surface area contributed by atoms with Crippen molar-refractivity contribution in [1.82, 2.24) is 20.0 Å². The molecule has 1 aliphatic rings. The highest BCUT2D eigenvalue weighted by Crippen LogP contribution is 2.29. The molecule has 142 valence electrons. The average Bonchev–Trinajstić information content (AvgIpc) is 3.13. The summed E-state index contributed by atoms with van der Waals surface area (Å²) in [5.41, 5.74) is 3.59. The zero-order valence-electron chi connectivity index (χ0n) is 16.4. The minimum Gasteiger partial charge on any atom is -0.368 e. The largest absolute Gasteiger partial charge is 0.368 e. The minimum atomic E-state index is 0.151. The van der Waals surface area contributed by atoms with Crippen LogP contribution in [0.5, 0.6) is 0 Å². The molecule has 1 atom stereocenters.